The van der Waals surface area contributed by atoms with Crippen LogP contribution in [0.4, 0.5) is 0 Å². The molecule has 0 atom stereocenters. The maximum Gasteiger partial charge on any atom is 0.229 e. The lowest BCUT2D eigenvalue weighted by Gasteiger charge is -2.14. The fourth-order valence-electron chi connectivity index (χ4n) is 1.60. The topological polar surface area (TPSA) is 58.4 Å². The highest BCUT2D eigenvalue weighted by Crippen LogP contribution is 2.39. The molecule has 0 unspecified atom stereocenters. The molecule has 18 heavy (non-hydrogen) atoms. The normalized spacial score (nSPS) is 10.2. The number of halogens is 1. The van der Waals surface area contributed by atoms with E-state index in [0.717, 1.165) is 5.69 Å². The van der Waals surface area contributed by atoms with Crippen LogP contribution >= 0.6 is 11.6 Å². The van der Waals surface area contributed by atoms with E-state index >= 15 is 0 Å². The highest BCUT2D eigenvalue weighted by atomic mass is 35.5. The van der Waals surface area contributed by atoms with E-state index in [2.05, 4.69) is 10.2 Å². The summed E-state index contributed by atoms with van der Waals surface area (Å²) in [6.45, 7) is 0. The third-order valence-electron chi connectivity index (χ3n) is 2.43. The molecule has 0 saturated heterocycles. The highest BCUT2D eigenvalue weighted by molar-refractivity contribution is 6.28. The zero-order valence-electron chi connectivity index (χ0n) is 10.2. The molecule has 0 N–H and O–H groups in total. The molecule has 0 aliphatic rings. The molecule has 6 nitrogen and oxygen atoms in total. The Bertz CT molecular complexity index is 531. The number of ether oxygens (including phenoxy) is 3. The molecule has 0 aliphatic heterocycles. The lowest BCUT2D eigenvalue weighted by Crippen LogP contribution is -1.99. The van der Waals surface area contributed by atoms with Gasteiger partial charge in [0.15, 0.2) is 11.5 Å². The van der Waals surface area contributed by atoms with E-state index in [1.54, 1.807) is 38.0 Å². The Morgan fingerprint density at radius 2 is 1.67 bits per heavy atom. The van der Waals surface area contributed by atoms with Crippen molar-refractivity contribution in [3.05, 3.63) is 23.7 Å². The van der Waals surface area contributed by atoms with Gasteiger partial charge in [-0.15, -0.1) is 10.2 Å². The molecule has 1 heterocycles. The van der Waals surface area contributed by atoms with Crippen LogP contribution in [0.15, 0.2) is 18.5 Å². The predicted octanol–water partition coefficient (Wildman–Crippen LogP) is 1.95. The molecule has 0 bridgehead atoms. The quantitative estimate of drug-likeness (QED) is 0.849. The van der Waals surface area contributed by atoms with Gasteiger partial charge in [0, 0.05) is 12.1 Å². The van der Waals surface area contributed by atoms with Crippen LogP contribution < -0.4 is 14.2 Å². The van der Waals surface area contributed by atoms with Crippen molar-refractivity contribution in [2.24, 2.45) is 0 Å². The molecule has 0 amide bonds. The van der Waals surface area contributed by atoms with E-state index in [1.807, 2.05) is 0 Å². The lowest BCUT2D eigenvalue weighted by atomic mass is 10.2. The van der Waals surface area contributed by atoms with Gasteiger partial charge in [-0.3, -0.25) is 4.57 Å². The number of rotatable bonds is 4. The minimum absolute atomic E-state index is 0.254. The summed E-state index contributed by atoms with van der Waals surface area (Å²) in [7, 11) is 4.65. The fraction of sp³-hybridized carbons (Fsp3) is 0.273. The smallest absolute Gasteiger partial charge is 0.229 e. The van der Waals surface area contributed by atoms with Gasteiger partial charge < -0.3 is 14.2 Å². The average Bonchev–Trinajstić information content (AvgIpc) is 2.83. The molecular weight excluding hydrogens is 258 g/mol. The minimum Gasteiger partial charge on any atom is -0.493 e. The molecule has 0 saturated carbocycles. The van der Waals surface area contributed by atoms with Crippen LogP contribution in [0.25, 0.3) is 5.69 Å². The molecule has 0 fully saturated rings. The summed E-state index contributed by atoms with van der Waals surface area (Å²) >= 11 is 5.92. The second kappa shape index (κ2) is 5.14. The number of hydrogen-bond acceptors (Lipinski definition) is 5. The molecule has 1 aromatic heterocycles. The summed E-state index contributed by atoms with van der Waals surface area (Å²) in [6.07, 6.45) is 1.50. The Hall–Kier alpha value is -1.95. The van der Waals surface area contributed by atoms with Crippen LogP contribution in [0.5, 0.6) is 17.2 Å². The molecule has 0 aliphatic carbocycles. The van der Waals surface area contributed by atoms with E-state index in [4.69, 9.17) is 25.8 Å². The van der Waals surface area contributed by atoms with Crippen molar-refractivity contribution >= 4 is 11.6 Å². The Kier molecular flexibility index (Phi) is 3.57. The number of hydrogen-bond donors (Lipinski definition) is 0. The van der Waals surface area contributed by atoms with Crippen LogP contribution in [0, 0.1) is 0 Å². The predicted molar refractivity (Wildman–Crippen MR) is 66.0 cm³/mol. The van der Waals surface area contributed by atoms with Crippen LogP contribution in [0.2, 0.25) is 5.28 Å². The number of benzene rings is 1. The van der Waals surface area contributed by atoms with Crippen LogP contribution in [-0.4, -0.2) is 36.1 Å². The number of methoxy groups -OCH3 is 3. The van der Waals surface area contributed by atoms with Crippen molar-refractivity contribution in [3.8, 4) is 22.9 Å². The summed E-state index contributed by atoms with van der Waals surface area (Å²) in [5.41, 5.74) is 0.722. The first kappa shape index (κ1) is 12.5. The molecule has 7 heteroatoms. The summed E-state index contributed by atoms with van der Waals surface area (Å²) in [6, 6.07) is 3.52. The maximum atomic E-state index is 5.92. The van der Waals surface area contributed by atoms with E-state index < -0.39 is 0 Å². The number of aromatic nitrogens is 3. The third-order valence-corrected chi connectivity index (χ3v) is 2.69. The van der Waals surface area contributed by atoms with E-state index in [-0.39, 0.29) is 5.28 Å². The lowest BCUT2D eigenvalue weighted by molar-refractivity contribution is 0.324. The van der Waals surface area contributed by atoms with Crippen molar-refractivity contribution in [2.75, 3.05) is 21.3 Å². The van der Waals surface area contributed by atoms with Crippen molar-refractivity contribution < 1.29 is 14.2 Å². The summed E-state index contributed by atoms with van der Waals surface area (Å²) < 4.78 is 17.4. The summed E-state index contributed by atoms with van der Waals surface area (Å²) in [4.78, 5) is 0. The van der Waals surface area contributed by atoms with E-state index in [1.165, 1.54) is 6.33 Å². The monoisotopic (exact) mass is 269 g/mol. The van der Waals surface area contributed by atoms with Gasteiger partial charge >= 0.3 is 0 Å². The molecule has 0 spiro atoms. The largest absolute Gasteiger partial charge is 0.493 e. The van der Waals surface area contributed by atoms with Crippen molar-refractivity contribution in [1.29, 1.82) is 0 Å². The molecule has 96 valence electrons. The van der Waals surface area contributed by atoms with Gasteiger partial charge in [0.05, 0.1) is 27.0 Å². The van der Waals surface area contributed by atoms with E-state index in [9.17, 15) is 0 Å². The first-order valence-electron chi connectivity index (χ1n) is 5.07. The SMILES string of the molecule is COc1cc(-n2cnnc2Cl)cc(OC)c1OC. The minimum atomic E-state index is 0.254. The highest BCUT2D eigenvalue weighted by Gasteiger charge is 2.15. The zero-order chi connectivity index (χ0) is 13.1. The van der Waals surface area contributed by atoms with Gasteiger partial charge in [-0.2, -0.15) is 0 Å². The molecule has 2 rings (SSSR count). The van der Waals surface area contributed by atoms with Crippen molar-refractivity contribution in [3.63, 3.8) is 0 Å². The fourth-order valence-corrected chi connectivity index (χ4v) is 1.79. The second-order valence-corrected chi connectivity index (χ2v) is 3.69. The standard InChI is InChI=1S/C11H12ClN3O3/c1-16-8-4-7(15-6-13-14-11(15)12)5-9(17-2)10(8)18-3/h4-6H,1-3H3. The second-order valence-electron chi connectivity index (χ2n) is 3.35. The maximum absolute atomic E-state index is 5.92. The average molecular weight is 270 g/mol. The Morgan fingerprint density at radius 1 is 1.06 bits per heavy atom. The summed E-state index contributed by atoms with van der Waals surface area (Å²) in [5.74, 6) is 1.60. The van der Waals surface area contributed by atoms with Gasteiger partial charge in [-0.25, -0.2) is 0 Å². The number of nitrogens with zero attached hydrogens (tertiary/aromatic N) is 3. The van der Waals surface area contributed by atoms with Crippen LogP contribution in [0.3, 0.4) is 0 Å². The molecular formula is C11H12ClN3O3. The third kappa shape index (κ3) is 2.06. The van der Waals surface area contributed by atoms with Gasteiger partial charge in [0.25, 0.3) is 0 Å². The molecule has 2 aromatic rings. The Labute approximate surface area is 109 Å². The molecule has 0 radical (unpaired) electrons. The Morgan fingerprint density at radius 3 is 2.06 bits per heavy atom. The van der Waals surface area contributed by atoms with Crippen molar-refractivity contribution in [1.82, 2.24) is 14.8 Å². The van der Waals surface area contributed by atoms with Crippen LogP contribution in [-0.2, 0) is 0 Å². The first-order chi connectivity index (χ1) is 8.71. The van der Waals surface area contributed by atoms with Crippen LogP contribution in [0.1, 0.15) is 0 Å². The van der Waals surface area contributed by atoms with Gasteiger partial charge in [0.1, 0.15) is 6.33 Å². The van der Waals surface area contributed by atoms with Crippen molar-refractivity contribution in [2.45, 2.75) is 0 Å². The van der Waals surface area contributed by atoms with Gasteiger partial charge in [-0.1, -0.05) is 0 Å². The summed E-state index contributed by atoms with van der Waals surface area (Å²) in [5, 5.41) is 7.69. The van der Waals surface area contributed by atoms with E-state index in [0.29, 0.717) is 17.2 Å². The van der Waals surface area contributed by atoms with Gasteiger partial charge in [-0.05, 0) is 11.6 Å². The van der Waals surface area contributed by atoms with Gasteiger partial charge in [0.2, 0.25) is 11.0 Å². The molecule has 1 aromatic carbocycles. The Balaban J connectivity index is 2.60. The first-order valence-corrected chi connectivity index (χ1v) is 5.45. The zero-order valence-corrected chi connectivity index (χ0v) is 10.9.